The second-order valence-electron chi connectivity index (χ2n) is 3.97. The normalized spacial score (nSPS) is 33.3. The van der Waals surface area contributed by atoms with Crippen molar-refractivity contribution in [3.05, 3.63) is 0 Å². The predicted molar refractivity (Wildman–Crippen MR) is 50.6 cm³/mol. The second-order valence-corrected chi connectivity index (χ2v) is 3.97. The van der Waals surface area contributed by atoms with Gasteiger partial charge < -0.3 is 0 Å². The van der Waals surface area contributed by atoms with E-state index in [1.54, 1.807) is 0 Å². The van der Waals surface area contributed by atoms with E-state index in [9.17, 15) is 0 Å². The van der Waals surface area contributed by atoms with Crippen molar-refractivity contribution in [1.82, 2.24) is 0 Å². The highest BCUT2D eigenvalue weighted by Crippen LogP contribution is 2.32. The van der Waals surface area contributed by atoms with Gasteiger partial charge in [-0.3, -0.25) is 0 Å². The summed E-state index contributed by atoms with van der Waals surface area (Å²) in [5, 5.41) is 0. The first-order valence-electron chi connectivity index (χ1n) is 5.38. The highest BCUT2D eigenvalue weighted by Gasteiger charge is 2.19. The zero-order valence-corrected chi connectivity index (χ0v) is 8.10. The molecule has 1 aliphatic carbocycles. The summed E-state index contributed by atoms with van der Waals surface area (Å²) < 4.78 is 0. The van der Waals surface area contributed by atoms with Crippen molar-refractivity contribution < 1.29 is 0 Å². The molecule has 1 saturated carbocycles. The molecular weight excluding hydrogens is 132 g/mol. The Labute approximate surface area is 71.4 Å². The third kappa shape index (κ3) is 2.50. The molecular formula is C11H22. The fourth-order valence-corrected chi connectivity index (χ4v) is 2.54. The maximum Gasteiger partial charge on any atom is -0.0389 e. The summed E-state index contributed by atoms with van der Waals surface area (Å²) in [4.78, 5) is 0. The lowest BCUT2D eigenvalue weighted by Crippen LogP contribution is -2.11. The van der Waals surface area contributed by atoms with Gasteiger partial charge in [0.15, 0.2) is 0 Å². The lowest BCUT2D eigenvalue weighted by Gasteiger charge is -2.21. The number of hydrogen-bond donors (Lipinski definition) is 0. The van der Waals surface area contributed by atoms with Crippen LogP contribution in [-0.2, 0) is 0 Å². The van der Waals surface area contributed by atoms with Crippen molar-refractivity contribution in [2.45, 2.75) is 58.8 Å². The molecule has 0 spiro atoms. The first kappa shape index (κ1) is 9.09. The Kier molecular flexibility index (Phi) is 3.96. The van der Waals surface area contributed by atoms with Gasteiger partial charge in [-0.05, 0) is 11.8 Å². The predicted octanol–water partition coefficient (Wildman–Crippen LogP) is 4.00. The summed E-state index contributed by atoms with van der Waals surface area (Å²) >= 11 is 0. The van der Waals surface area contributed by atoms with Crippen molar-refractivity contribution >= 4 is 0 Å². The summed E-state index contributed by atoms with van der Waals surface area (Å²) in [5.41, 5.74) is 0. The summed E-state index contributed by atoms with van der Waals surface area (Å²) in [5.74, 6) is 2.12. The lowest BCUT2D eigenvalue weighted by molar-refractivity contribution is 0.295. The number of rotatable bonds is 2. The van der Waals surface area contributed by atoms with Crippen LogP contribution in [-0.4, -0.2) is 0 Å². The quantitative estimate of drug-likeness (QED) is 0.527. The smallest absolute Gasteiger partial charge is 0.0389 e. The summed E-state index contributed by atoms with van der Waals surface area (Å²) in [6.07, 6.45) is 10.3. The maximum atomic E-state index is 2.36. The molecule has 11 heavy (non-hydrogen) atoms. The van der Waals surface area contributed by atoms with Crippen molar-refractivity contribution in [2.75, 3.05) is 0 Å². The molecule has 0 bridgehead atoms. The summed E-state index contributed by atoms with van der Waals surface area (Å²) in [7, 11) is 0. The monoisotopic (exact) mass is 154 g/mol. The van der Waals surface area contributed by atoms with Gasteiger partial charge in [-0.1, -0.05) is 58.8 Å². The average Bonchev–Trinajstić information content (AvgIpc) is 2.27. The van der Waals surface area contributed by atoms with Crippen molar-refractivity contribution in [3.8, 4) is 0 Å². The van der Waals surface area contributed by atoms with Crippen molar-refractivity contribution in [2.24, 2.45) is 11.8 Å². The SMILES string of the molecule is CCC1CCCCCC1CC. The van der Waals surface area contributed by atoms with Crippen molar-refractivity contribution in [3.63, 3.8) is 0 Å². The van der Waals surface area contributed by atoms with E-state index in [0.29, 0.717) is 0 Å². The van der Waals surface area contributed by atoms with E-state index in [1.807, 2.05) is 0 Å². The van der Waals surface area contributed by atoms with Gasteiger partial charge in [-0.25, -0.2) is 0 Å². The van der Waals surface area contributed by atoms with Gasteiger partial charge in [0, 0.05) is 0 Å². The third-order valence-corrected chi connectivity index (χ3v) is 3.37. The van der Waals surface area contributed by atoms with Gasteiger partial charge >= 0.3 is 0 Å². The van der Waals surface area contributed by atoms with Crippen LogP contribution >= 0.6 is 0 Å². The summed E-state index contributed by atoms with van der Waals surface area (Å²) in [6.45, 7) is 4.72. The van der Waals surface area contributed by atoms with Gasteiger partial charge in [0.1, 0.15) is 0 Å². The van der Waals surface area contributed by atoms with Crippen LogP contribution < -0.4 is 0 Å². The van der Waals surface area contributed by atoms with E-state index in [-0.39, 0.29) is 0 Å². The summed E-state index contributed by atoms with van der Waals surface area (Å²) in [6, 6.07) is 0. The largest absolute Gasteiger partial charge is 0.0651 e. The molecule has 1 fully saturated rings. The van der Waals surface area contributed by atoms with Crippen LogP contribution in [0.25, 0.3) is 0 Å². The molecule has 0 saturated heterocycles. The fourth-order valence-electron chi connectivity index (χ4n) is 2.54. The van der Waals surface area contributed by atoms with E-state index in [0.717, 1.165) is 11.8 Å². The minimum absolute atomic E-state index is 1.06. The molecule has 2 atom stereocenters. The van der Waals surface area contributed by atoms with Crippen molar-refractivity contribution in [1.29, 1.82) is 0 Å². The minimum atomic E-state index is 1.06. The molecule has 0 nitrogen and oxygen atoms in total. The topological polar surface area (TPSA) is 0 Å². The minimum Gasteiger partial charge on any atom is -0.0651 e. The zero-order valence-electron chi connectivity index (χ0n) is 8.10. The third-order valence-electron chi connectivity index (χ3n) is 3.37. The Morgan fingerprint density at radius 2 is 1.27 bits per heavy atom. The van der Waals surface area contributed by atoms with Crippen LogP contribution in [0.15, 0.2) is 0 Å². The first-order valence-corrected chi connectivity index (χ1v) is 5.38. The first-order chi connectivity index (χ1) is 5.38. The van der Waals surface area contributed by atoms with E-state index in [4.69, 9.17) is 0 Å². The van der Waals surface area contributed by atoms with E-state index >= 15 is 0 Å². The average molecular weight is 154 g/mol. The molecule has 0 N–H and O–H groups in total. The Morgan fingerprint density at radius 3 is 1.64 bits per heavy atom. The molecule has 0 aliphatic heterocycles. The molecule has 0 heterocycles. The zero-order chi connectivity index (χ0) is 8.10. The molecule has 0 aromatic carbocycles. The Hall–Kier alpha value is 0. The Bertz CT molecular complexity index is 84.2. The standard InChI is InChI=1S/C11H22/c1-3-10-8-6-5-7-9-11(10)4-2/h10-11H,3-9H2,1-2H3. The molecule has 0 aromatic rings. The molecule has 0 amide bonds. The van der Waals surface area contributed by atoms with Gasteiger partial charge in [0.05, 0.1) is 0 Å². The fraction of sp³-hybridized carbons (Fsp3) is 1.00. The molecule has 0 radical (unpaired) electrons. The van der Waals surface area contributed by atoms with Gasteiger partial charge in [0.2, 0.25) is 0 Å². The molecule has 2 unspecified atom stereocenters. The molecule has 0 heteroatoms. The van der Waals surface area contributed by atoms with Crippen LogP contribution in [0.3, 0.4) is 0 Å². The molecule has 1 rings (SSSR count). The van der Waals surface area contributed by atoms with Gasteiger partial charge in [-0.2, -0.15) is 0 Å². The maximum absolute atomic E-state index is 2.36. The highest BCUT2D eigenvalue weighted by molar-refractivity contribution is 4.71. The Morgan fingerprint density at radius 1 is 0.818 bits per heavy atom. The van der Waals surface area contributed by atoms with E-state index in [2.05, 4.69) is 13.8 Å². The van der Waals surface area contributed by atoms with Crippen LogP contribution in [0.1, 0.15) is 58.8 Å². The Balaban J connectivity index is 2.41. The van der Waals surface area contributed by atoms with Crippen LogP contribution in [0.2, 0.25) is 0 Å². The lowest BCUT2D eigenvalue weighted by atomic mass is 9.84. The van der Waals surface area contributed by atoms with Crippen LogP contribution in [0.4, 0.5) is 0 Å². The van der Waals surface area contributed by atoms with Crippen LogP contribution in [0.5, 0.6) is 0 Å². The van der Waals surface area contributed by atoms with Gasteiger partial charge in [-0.15, -0.1) is 0 Å². The van der Waals surface area contributed by atoms with Crippen LogP contribution in [0, 0.1) is 11.8 Å². The van der Waals surface area contributed by atoms with Gasteiger partial charge in [0.25, 0.3) is 0 Å². The molecule has 66 valence electrons. The number of hydrogen-bond acceptors (Lipinski definition) is 0. The highest BCUT2D eigenvalue weighted by atomic mass is 14.3. The van der Waals surface area contributed by atoms with E-state index in [1.165, 1.54) is 44.9 Å². The second kappa shape index (κ2) is 4.79. The van der Waals surface area contributed by atoms with E-state index < -0.39 is 0 Å². The molecule has 0 aromatic heterocycles. The molecule has 1 aliphatic rings.